The minimum atomic E-state index is -3.71. The van der Waals surface area contributed by atoms with Crippen molar-refractivity contribution in [3.63, 3.8) is 0 Å². The van der Waals surface area contributed by atoms with E-state index in [0.717, 1.165) is 25.7 Å². The minimum Gasteiger partial charge on any atom is -0.452 e. The fourth-order valence-electron chi connectivity index (χ4n) is 4.80. The van der Waals surface area contributed by atoms with E-state index in [9.17, 15) is 18.0 Å². The number of aryl methyl sites for hydroxylation is 2. The Balaban J connectivity index is 1.38. The number of rotatable bonds is 6. The predicted octanol–water partition coefficient (Wildman–Crippen LogP) is 3.64. The second-order valence-electron chi connectivity index (χ2n) is 9.26. The van der Waals surface area contributed by atoms with E-state index in [1.54, 1.807) is 0 Å². The van der Waals surface area contributed by atoms with Crippen LogP contribution in [0.15, 0.2) is 47.4 Å². The van der Waals surface area contributed by atoms with Crippen molar-refractivity contribution in [1.29, 1.82) is 0 Å². The molecule has 0 saturated carbocycles. The maximum absolute atomic E-state index is 13.1. The van der Waals surface area contributed by atoms with Gasteiger partial charge < -0.3 is 10.1 Å². The van der Waals surface area contributed by atoms with Gasteiger partial charge in [0, 0.05) is 18.8 Å². The largest absolute Gasteiger partial charge is 0.452 e. The zero-order valence-corrected chi connectivity index (χ0v) is 19.9. The van der Waals surface area contributed by atoms with Crippen LogP contribution in [0.25, 0.3) is 0 Å². The lowest BCUT2D eigenvalue weighted by atomic mass is 9.94. The number of nitrogens with zero attached hydrogens (tertiary/aromatic N) is 1. The number of amides is 1. The molecule has 8 heteroatoms. The average Bonchev–Trinajstić information content (AvgIpc) is 3.25. The number of anilines is 1. The van der Waals surface area contributed by atoms with Crippen molar-refractivity contribution in [1.82, 2.24) is 4.31 Å². The van der Waals surface area contributed by atoms with Crippen molar-refractivity contribution < 1.29 is 22.7 Å². The number of piperidine rings is 1. The Bertz CT molecular complexity index is 1150. The molecule has 2 aliphatic rings. The lowest BCUT2D eigenvalue weighted by Gasteiger charge is -2.34. The van der Waals surface area contributed by atoms with Crippen molar-refractivity contribution in [2.45, 2.75) is 44.4 Å². The number of benzene rings is 2. The van der Waals surface area contributed by atoms with Crippen molar-refractivity contribution in [2.24, 2.45) is 11.8 Å². The third kappa shape index (κ3) is 5.45. The van der Waals surface area contributed by atoms with E-state index in [1.165, 1.54) is 39.7 Å². The van der Waals surface area contributed by atoms with E-state index in [0.29, 0.717) is 18.8 Å². The number of hydrogen-bond donors (Lipinski definition) is 1. The predicted molar refractivity (Wildman–Crippen MR) is 126 cm³/mol. The number of ether oxygens (including phenoxy) is 1. The topological polar surface area (TPSA) is 92.8 Å². The summed E-state index contributed by atoms with van der Waals surface area (Å²) in [5.74, 6) is -0.625. The number of carbonyl (C=O) groups excluding carboxylic acids is 2. The van der Waals surface area contributed by atoms with Crippen LogP contribution in [-0.4, -0.2) is 44.3 Å². The number of carbonyl (C=O) groups is 2. The third-order valence-corrected chi connectivity index (χ3v) is 8.09. The lowest BCUT2D eigenvalue weighted by Crippen LogP contribution is -2.42. The fraction of sp³-hybridized carbons (Fsp3) is 0.440. The summed E-state index contributed by atoms with van der Waals surface area (Å²) >= 11 is 0. The molecule has 2 unspecified atom stereocenters. The minimum absolute atomic E-state index is 0.0563. The standard InChI is InChI=1S/C25H30N2O5S/c1-17-11-18(2)15-27(14-17)33(30,31)23-8-4-7-21(13-23)25(29)32-16-24(28)26-22-10-9-19-5-3-6-20(19)12-22/h4,7-10,12-13,17-18H,3,5-6,11,14-16H2,1-2H3,(H,26,28). The Morgan fingerprint density at radius 3 is 2.52 bits per heavy atom. The molecule has 1 N–H and O–H groups in total. The van der Waals surface area contributed by atoms with Crippen molar-refractivity contribution in [3.8, 4) is 0 Å². The highest BCUT2D eigenvalue weighted by atomic mass is 32.2. The first-order valence-corrected chi connectivity index (χ1v) is 12.9. The maximum Gasteiger partial charge on any atom is 0.338 e. The van der Waals surface area contributed by atoms with Crippen molar-refractivity contribution >= 4 is 27.6 Å². The number of nitrogens with one attached hydrogen (secondary N) is 1. The summed E-state index contributed by atoms with van der Waals surface area (Å²) in [6, 6.07) is 11.6. The van der Waals surface area contributed by atoms with Crippen LogP contribution in [0.3, 0.4) is 0 Å². The van der Waals surface area contributed by atoms with Crippen LogP contribution in [0, 0.1) is 11.8 Å². The van der Waals surface area contributed by atoms with Crippen LogP contribution >= 0.6 is 0 Å². The van der Waals surface area contributed by atoms with E-state index in [2.05, 4.69) is 5.32 Å². The molecule has 0 aromatic heterocycles. The molecule has 4 rings (SSSR count). The summed E-state index contributed by atoms with van der Waals surface area (Å²) in [5, 5.41) is 2.75. The van der Waals surface area contributed by atoms with Crippen molar-refractivity contribution in [3.05, 3.63) is 59.2 Å². The van der Waals surface area contributed by atoms with Crippen LogP contribution in [0.5, 0.6) is 0 Å². The molecule has 1 aliphatic carbocycles. The van der Waals surface area contributed by atoms with E-state index in [1.807, 2.05) is 32.0 Å². The normalized spacial score (nSPS) is 20.8. The molecule has 0 bridgehead atoms. The van der Waals surface area contributed by atoms with Gasteiger partial charge in [-0.25, -0.2) is 13.2 Å². The number of fused-ring (bicyclic) bond motifs is 1. The first-order valence-electron chi connectivity index (χ1n) is 11.4. The molecule has 176 valence electrons. The Morgan fingerprint density at radius 2 is 1.76 bits per heavy atom. The molecule has 0 radical (unpaired) electrons. The van der Waals surface area contributed by atoms with Crippen LogP contribution in [0.1, 0.15) is 48.2 Å². The monoisotopic (exact) mass is 470 g/mol. The highest BCUT2D eigenvalue weighted by Crippen LogP contribution is 2.27. The molecule has 1 fully saturated rings. The SMILES string of the molecule is CC1CC(C)CN(S(=O)(=O)c2cccc(C(=O)OCC(=O)Nc3ccc4c(c3)CCC4)c2)C1. The second kappa shape index (κ2) is 9.65. The zero-order chi connectivity index (χ0) is 23.6. The molecule has 2 aromatic rings. The molecular formula is C25H30N2O5S. The first kappa shape index (κ1) is 23.4. The van der Waals surface area contributed by atoms with Crippen molar-refractivity contribution in [2.75, 3.05) is 25.0 Å². The van der Waals surface area contributed by atoms with E-state index in [4.69, 9.17) is 4.74 Å². The van der Waals surface area contributed by atoms with Gasteiger partial charge in [0.2, 0.25) is 10.0 Å². The van der Waals surface area contributed by atoms with Gasteiger partial charge >= 0.3 is 5.97 Å². The van der Waals surface area contributed by atoms with Gasteiger partial charge in [-0.1, -0.05) is 26.0 Å². The summed E-state index contributed by atoms with van der Waals surface area (Å²) in [6.45, 7) is 4.56. The van der Waals surface area contributed by atoms with Crippen LogP contribution in [0.2, 0.25) is 0 Å². The number of hydrogen-bond acceptors (Lipinski definition) is 5. The highest BCUT2D eigenvalue weighted by molar-refractivity contribution is 7.89. The first-order chi connectivity index (χ1) is 15.7. The molecule has 1 saturated heterocycles. The second-order valence-corrected chi connectivity index (χ2v) is 11.2. The number of esters is 1. The van der Waals surface area contributed by atoms with Gasteiger partial charge in [0.25, 0.3) is 5.91 Å². The summed E-state index contributed by atoms with van der Waals surface area (Å²) in [6.07, 6.45) is 4.18. The van der Waals surface area contributed by atoms with Crippen LogP contribution in [0.4, 0.5) is 5.69 Å². The Kier molecular flexibility index (Phi) is 6.86. The molecule has 1 heterocycles. The third-order valence-electron chi connectivity index (χ3n) is 6.26. The molecule has 2 atom stereocenters. The van der Waals surface area contributed by atoms with E-state index in [-0.39, 0.29) is 22.3 Å². The molecule has 1 aliphatic heterocycles. The number of sulfonamides is 1. The summed E-state index contributed by atoms with van der Waals surface area (Å²) in [5.41, 5.74) is 3.32. The molecule has 1 amide bonds. The quantitative estimate of drug-likeness (QED) is 0.651. The maximum atomic E-state index is 13.1. The summed E-state index contributed by atoms with van der Waals surface area (Å²) in [7, 11) is -3.71. The van der Waals surface area contributed by atoms with Gasteiger partial charge in [-0.15, -0.1) is 0 Å². The molecule has 33 heavy (non-hydrogen) atoms. The summed E-state index contributed by atoms with van der Waals surface area (Å²) < 4.78 is 32.9. The fourth-order valence-corrected chi connectivity index (χ4v) is 6.52. The Labute approximate surface area is 195 Å². The molecular weight excluding hydrogens is 440 g/mol. The van der Waals surface area contributed by atoms with Gasteiger partial charge in [-0.3, -0.25) is 4.79 Å². The zero-order valence-electron chi connectivity index (χ0n) is 19.0. The van der Waals surface area contributed by atoms with Gasteiger partial charge in [0.15, 0.2) is 6.61 Å². The highest BCUT2D eigenvalue weighted by Gasteiger charge is 2.32. The average molecular weight is 471 g/mol. The van der Waals surface area contributed by atoms with E-state index >= 15 is 0 Å². The molecule has 0 spiro atoms. The Hall–Kier alpha value is -2.71. The lowest BCUT2D eigenvalue weighted by molar-refractivity contribution is -0.119. The Morgan fingerprint density at radius 1 is 1.03 bits per heavy atom. The van der Waals surface area contributed by atoms with Gasteiger partial charge in [0.05, 0.1) is 10.5 Å². The smallest absolute Gasteiger partial charge is 0.338 e. The molecule has 2 aromatic carbocycles. The molecule has 7 nitrogen and oxygen atoms in total. The van der Waals surface area contributed by atoms with Gasteiger partial charge in [-0.05, 0) is 79.0 Å². The van der Waals surface area contributed by atoms with Gasteiger partial charge in [-0.2, -0.15) is 4.31 Å². The van der Waals surface area contributed by atoms with E-state index < -0.39 is 28.5 Å². The van der Waals surface area contributed by atoms with Crippen LogP contribution in [-0.2, 0) is 32.4 Å². The summed E-state index contributed by atoms with van der Waals surface area (Å²) in [4.78, 5) is 24.8. The van der Waals surface area contributed by atoms with Gasteiger partial charge in [0.1, 0.15) is 0 Å². The van der Waals surface area contributed by atoms with Crippen LogP contribution < -0.4 is 5.32 Å².